The van der Waals surface area contributed by atoms with Gasteiger partial charge in [-0.25, -0.2) is 0 Å². The Morgan fingerprint density at radius 3 is 3.13 bits per heavy atom. The van der Waals surface area contributed by atoms with Crippen LogP contribution in [0.1, 0.15) is 31.7 Å². The molecule has 1 aromatic rings. The van der Waals surface area contributed by atoms with Crippen LogP contribution in [-0.2, 0) is 20.7 Å². The fourth-order valence-electron chi connectivity index (χ4n) is 2.98. The smallest absolute Gasteiger partial charge is 0.258 e. The van der Waals surface area contributed by atoms with Crippen molar-refractivity contribution in [2.45, 2.75) is 44.8 Å². The number of amides is 2. The minimum atomic E-state index is -0.154. The van der Waals surface area contributed by atoms with Crippen LogP contribution in [0.3, 0.4) is 0 Å². The number of carbonyl (C=O) groups is 2. The second-order valence-electron chi connectivity index (χ2n) is 6.06. The van der Waals surface area contributed by atoms with Crippen LogP contribution in [0.2, 0.25) is 0 Å². The molecule has 124 valence electrons. The Labute approximate surface area is 135 Å². The second kappa shape index (κ2) is 7.00. The molecule has 3 rings (SSSR count). The van der Waals surface area contributed by atoms with Crippen molar-refractivity contribution in [3.63, 3.8) is 0 Å². The molecule has 0 aromatic heterocycles. The van der Waals surface area contributed by atoms with E-state index in [1.165, 1.54) is 0 Å². The van der Waals surface area contributed by atoms with Crippen molar-refractivity contribution in [1.82, 2.24) is 5.32 Å². The third-order valence-electron chi connectivity index (χ3n) is 4.25. The molecular weight excluding hydrogens is 296 g/mol. The van der Waals surface area contributed by atoms with E-state index in [2.05, 4.69) is 10.6 Å². The Morgan fingerprint density at radius 1 is 1.48 bits per heavy atom. The molecule has 0 radical (unpaired) electrons. The Morgan fingerprint density at radius 2 is 2.35 bits per heavy atom. The number of nitrogens with one attached hydrogen (secondary N) is 2. The predicted octanol–water partition coefficient (Wildman–Crippen LogP) is 1.63. The molecule has 2 heterocycles. The number of hydrogen-bond acceptors (Lipinski definition) is 4. The normalized spacial score (nSPS) is 21.3. The molecule has 0 aliphatic carbocycles. The van der Waals surface area contributed by atoms with Gasteiger partial charge in [0.15, 0.2) is 6.61 Å². The number of fused-ring (bicyclic) bond motifs is 1. The van der Waals surface area contributed by atoms with Crippen molar-refractivity contribution >= 4 is 17.5 Å². The SMILES string of the molecule is C[C@@H](NC(=O)COc1ccc2c(c1)CCC(=O)N2)[C@@H]1CCCO1. The van der Waals surface area contributed by atoms with Crippen molar-refractivity contribution in [3.05, 3.63) is 23.8 Å². The monoisotopic (exact) mass is 318 g/mol. The van der Waals surface area contributed by atoms with E-state index < -0.39 is 0 Å². The first-order valence-electron chi connectivity index (χ1n) is 8.08. The van der Waals surface area contributed by atoms with E-state index in [1.54, 1.807) is 6.07 Å². The zero-order valence-electron chi connectivity index (χ0n) is 13.3. The lowest BCUT2D eigenvalue weighted by atomic mass is 10.0. The minimum absolute atomic E-state index is 0.00709. The molecule has 2 aliphatic heterocycles. The summed E-state index contributed by atoms with van der Waals surface area (Å²) >= 11 is 0. The number of hydrogen-bond donors (Lipinski definition) is 2. The molecule has 23 heavy (non-hydrogen) atoms. The van der Waals surface area contributed by atoms with E-state index in [-0.39, 0.29) is 30.6 Å². The fourth-order valence-corrected chi connectivity index (χ4v) is 2.98. The molecule has 2 aliphatic rings. The lowest BCUT2D eigenvalue weighted by molar-refractivity contribution is -0.124. The number of aryl methyl sites for hydroxylation is 1. The Hall–Kier alpha value is -2.08. The molecular formula is C17H22N2O4. The predicted molar refractivity (Wildman–Crippen MR) is 85.5 cm³/mol. The van der Waals surface area contributed by atoms with Crippen molar-refractivity contribution in [2.24, 2.45) is 0 Å². The van der Waals surface area contributed by atoms with Gasteiger partial charge in [-0.3, -0.25) is 9.59 Å². The van der Waals surface area contributed by atoms with E-state index in [0.717, 1.165) is 30.7 Å². The highest BCUT2D eigenvalue weighted by Crippen LogP contribution is 2.26. The summed E-state index contributed by atoms with van der Waals surface area (Å²) in [6.07, 6.45) is 3.31. The number of ether oxygens (including phenoxy) is 2. The van der Waals surface area contributed by atoms with Crippen LogP contribution < -0.4 is 15.4 Å². The topological polar surface area (TPSA) is 76.7 Å². The van der Waals surface area contributed by atoms with Crippen LogP contribution in [0, 0.1) is 0 Å². The first-order valence-corrected chi connectivity index (χ1v) is 8.08. The summed E-state index contributed by atoms with van der Waals surface area (Å²) in [5.41, 5.74) is 1.86. The average Bonchev–Trinajstić information content (AvgIpc) is 3.07. The van der Waals surface area contributed by atoms with Gasteiger partial charge in [0.25, 0.3) is 5.91 Å². The quantitative estimate of drug-likeness (QED) is 0.865. The van der Waals surface area contributed by atoms with Crippen LogP contribution in [0.25, 0.3) is 0 Å². The molecule has 1 fully saturated rings. The molecule has 0 saturated carbocycles. The summed E-state index contributed by atoms with van der Waals surface area (Å²) < 4.78 is 11.1. The summed E-state index contributed by atoms with van der Waals surface area (Å²) in [6, 6.07) is 5.45. The summed E-state index contributed by atoms with van der Waals surface area (Å²) in [4.78, 5) is 23.3. The highest BCUT2D eigenvalue weighted by molar-refractivity contribution is 5.94. The number of carbonyl (C=O) groups excluding carboxylic acids is 2. The van der Waals surface area contributed by atoms with Gasteiger partial charge in [0.2, 0.25) is 5.91 Å². The van der Waals surface area contributed by atoms with E-state index in [4.69, 9.17) is 9.47 Å². The molecule has 1 saturated heterocycles. The van der Waals surface area contributed by atoms with Crippen LogP contribution >= 0.6 is 0 Å². The Bertz CT molecular complexity index is 596. The largest absolute Gasteiger partial charge is 0.484 e. The molecule has 0 bridgehead atoms. The highest BCUT2D eigenvalue weighted by Gasteiger charge is 2.23. The first-order chi connectivity index (χ1) is 11.1. The zero-order chi connectivity index (χ0) is 16.2. The van der Waals surface area contributed by atoms with Crippen LogP contribution in [0.4, 0.5) is 5.69 Å². The van der Waals surface area contributed by atoms with Gasteiger partial charge < -0.3 is 20.1 Å². The van der Waals surface area contributed by atoms with Gasteiger partial charge in [-0.2, -0.15) is 0 Å². The van der Waals surface area contributed by atoms with E-state index in [1.807, 2.05) is 19.1 Å². The maximum atomic E-state index is 12.0. The lowest BCUT2D eigenvalue weighted by Crippen LogP contribution is -2.42. The summed E-state index contributed by atoms with van der Waals surface area (Å²) in [5, 5.41) is 5.74. The summed E-state index contributed by atoms with van der Waals surface area (Å²) in [5.74, 6) is 0.521. The van der Waals surface area contributed by atoms with Crippen LogP contribution in [0.5, 0.6) is 5.75 Å². The van der Waals surface area contributed by atoms with Gasteiger partial charge in [-0.15, -0.1) is 0 Å². The van der Waals surface area contributed by atoms with Crippen LogP contribution in [-0.4, -0.2) is 37.2 Å². The molecule has 2 N–H and O–H groups in total. The molecule has 0 unspecified atom stereocenters. The van der Waals surface area contributed by atoms with Gasteiger partial charge in [0.1, 0.15) is 5.75 Å². The maximum absolute atomic E-state index is 12.0. The Kier molecular flexibility index (Phi) is 4.81. The highest BCUT2D eigenvalue weighted by atomic mass is 16.5. The van der Waals surface area contributed by atoms with Crippen molar-refractivity contribution in [2.75, 3.05) is 18.5 Å². The van der Waals surface area contributed by atoms with Crippen molar-refractivity contribution in [3.8, 4) is 5.75 Å². The molecule has 2 atom stereocenters. The van der Waals surface area contributed by atoms with Crippen molar-refractivity contribution in [1.29, 1.82) is 0 Å². The van der Waals surface area contributed by atoms with E-state index >= 15 is 0 Å². The van der Waals surface area contributed by atoms with Gasteiger partial charge >= 0.3 is 0 Å². The molecule has 6 heteroatoms. The third kappa shape index (κ3) is 4.01. The second-order valence-corrected chi connectivity index (χ2v) is 6.06. The van der Waals surface area contributed by atoms with E-state index in [9.17, 15) is 9.59 Å². The Balaban J connectivity index is 1.50. The number of benzene rings is 1. The van der Waals surface area contributed by atoms with Gasteiger partial charge in [-0.05, 0) is 49.9 Å². The molecule has 1 aromatic carbocycles. The van der Waals surface area contributed by atoms with Gasteiger partial charge in [0.05, 0.1) is 12.1 Å². The maximum Gasteiger partial charge on any atom is 0.258 e. The third-order valence-corrected chi connectivity index (χ3v) is 4.25. The van der Waals surface area contributed by atoms with Crippen molar-refractivity contribution < 1.29 is 19.1 Å². The zero-order valence-corrected chi connectivity index (χ0v) is 13.3. The number of rotatable bonds is 5. The van der Waals surface area contributed by atoms with Crippen LogP contribution in [0.15, 0.2) is 18.2 Å². The summed E-state index contributed by atoms with van der Waals surface area (Å²) in [7, 11) is 0. The minimum Gasteiger partial charge on any atom is -0.484 e. The number of anilines is 1. The van der Waals surface area contributed by atoms with E-state index in [0.29, 0.717) is 18.6 Å². The summed E-state index contributed by atoms with van der Waals surface area (Å²) in [6.45, 7) is 2.70. The molecule has 2 amide bonds. The lowest BCUT2D eigenvalue weighted by Gasteiger charge is -2.20. The molecule has 0 spiro atoms. The fraction of sp³-hybridized carbons (Fsp3) is 0.529. The average molecular weight is 318 g/mol. The standard InChI is InChI=1S/C17H22N2O4/c1-11(15-3-2-8-22-15)18-17(21)10-23-13-5-6-14-12(9-13)4-7-16(20)19-14/h5-6,9,11,15H,2-4,7-8,10H2,1H3,(H,18,21)(H,19,20)/t11-,15+/m1/s1. The van der Waals surface area contributed by atoms with Gasteiger partial charge in [0, 0.05) is 18.7 Å². The molecule has 6 nitrogen and oxygen atoms in total. The first kappa shape index (κ1) is 15.8. The van der Waals surface area contributed by atoms with Gasteiger partial charge in [-0.1, -0.05) is 0 Å².